The molecule has 1 aromatic heterocycles. The number of rotatable bonds is 6. The molecule has 1 aromatic carbocycles. The van der Waals surface area contributed by atoms with Crippen LogP contribution in [0, 0.1) is 5.82 Å². The Bertz CT molecular complexity index is 1040. The molecule has 0 saturated carbocycles. The zero-order chi connectivity index (χ0) is 24.1. The maximum absolute atomic E-state index is 15.1. The first-order valence-corrected chi connectivity index (χ1v) is 10.7. The topological polar surface area (TPSA) is 160 Å². The molecular formula is C20H27FN9O4+. The molecule has 182 valence electrons. The summed E-state index contributed by atoms with van der Waals surface area (Å²) in [5.41, 5.74) is 7.35. The van der Waals surface area contributed by atoms with Gasteiger partial charge in [-0.15, -0.1) is 0 Å². The molecule has 2 saturated heterocycles. The minimum Gasteiger partial charge on any atom is -0.442 e. The zero-order valence-corrected chi connectivity index (χ0v) is 18.4. The predicted molar refractivity (Wildman–Crippen MR) is 119 cm³/mol. The lowest BCUT2D eigenvalue weighted by atomic mass is 10.2. The number of hydrazine groups is 2. The minimum atomic E-state index is -0.558. The molecule has 2 aliphatic heterocycles. The second-order valence-electron chi connectivity index (χ2n) is 7.70. The smallest absolute Gasteiger partial charge is 0.414 e. The van der Waals surface area contributed by atoms with Crippen LogP contribution in [0.4, 0.5) is 31.2 Å². The van der Waals surface area contributed by atoms with Gasteiger partial charge < -0.3 is 24.9 Å². The van der Waals surface area contributed by atoms with Crippen molar-refractivity contribution in [1.29, 1.82) is 0 Å². The summed E-state index contributed by atoms with van der Waals surface area (Å²) in [7, 11) is 0. The third-order valence-electron chi connectivity index (χ3n) is 5.36. The van der Waals surface area contributed by atoms with Crippen molar-refractivity contribution in [3.05, 3.63) is 48.7 Å². The Hall–Kier alpha value is -3.88. The third-order valence-corrected chi connectivity index (χ3v) is 5.36. The first-order valence-electron chi connectivity index (χ1n) is 10.7. The number of aromatic nitrogens is 1. The summed E-state index contributed by atoms with van der Waals surface area (Å²) in [4.78, 5) is 27.9. The van der Waals surface area contributed by atoms with E-state index >= 15 is 4.39 Å². The molecule has 4 rings (SSSR count). The van der Waals surface area contributed by atoms with Crippen LogP contribution in [0.15, 0.2) is 47.5 Å². The van der Waals surface area contributed by atoms with Crippen LogP contribution >= 0.6 is 0 Å². The number of cyclic esters (lactones) is 1. The Morgan fingerprint density at radius 3 is 2.97 bits per heavy atom. The standard InChI is InChI=1S/C20H26FN9O4/c21-16-11-14(29-13-15(34-20(29)32)12-28(23)6-4-22)1-2-17(16)27-7-5-24-30(9-8-27)19(31)25-18-3-10-33-26-18/h1-4,6,10-11,15,24H,5,7-9,12-13,22-23H2,(H,25,26,31)/p+1. The predicted octanol–water partition coefficient (Wildman–Crippen LogP) is -0.114. The van der Waals surface area contributed by atoms with E-state index in [4.69, 9.17) is 15.1 Å². The molecule has 0 aliphatic carbocycles. The monoisotopic (exact) mass is 476 g/mol. The van der Waals surface area contributed by atoms with E-state index in [1.807, 2.05) is 4.90 Å². The fraction of sp³-hybridized carbons (Fsp3) is 0.350. The molecule has 0 spiro atoms. The number of carbonyl (C=O) groups excluding carboxylic acids is 2. The van der Waals surface area contributed by atoms with Crippen LogP contribution in [-0.2, 0) is 4.74 Å². The number of nitrogens with two attached hydrogens (primary N) is 1. The molecule has 7 N–H and O–H groups in total. The van der Waals surface area contributed by atoms with Gasteiger partial charge in [0, 0.05) is 25.7 Å². The number of anilines is 3. The molecule has 34 heavy (non-hydrogen) atoms. The maximum Gasteiger partial charge on any atom is 0.414 e. The van der Waals surface area contributed by atoms with Crippen molar-refractivity contribution >= 4 is 29.3 Å². The average Bonchev–Trinajstić information content (AvgIpc) is 3.36. The zero-order valence-electron chi connectivity index (χ0n) is 18.4. The van der Waals surface area contributed by atoms with Gasteiger partial charge in [-0.3, -0.25) is 15.2 Å². The van der Waals surface area contributed by atoms with Crippen LogP contribution in [-0.4, -0.2) is 72.7 Å². The molecule has 0 radical (unpaired) electrons. The molecule has 1 atom stereocenters. The van der Waals surface area contributed by atoms with Gasteiger partial charge in [-0.05, 0) is 18.2 Å². The lowest BCUT2D eigenvalue weighted by Crippen LogP contribution is -2.46. The number of carbonyl (C=O) groups is 2. The number of nitrogens with zero attached hydrogens (tertiary/aromatic N) is 5. The summed E-state index contributed by atoms with van der Waals surface area (Å²) >= 11 is 0. The first kappa shape index (κ1) is 23.3. The van der Waals surface area contributed by atoms with Gasteiger partial charge in [0.15, 0.2) is 5.82 Å². The average molecular weight is 476 g/mol. The van der Waals surface area contributed by atoms with Crippen LogP contribution < -0.4 is 32.1 Å². The van der Waals surface area contributed by atoms with Gasteiger partial charge in [-0.2, -0.15) is 0 Å². The summed E-state index contributed by atoms with van der Waals surface area (Å²) in [6, 6.07) is 5.74. The van der Waals surface area contributed by atoms with Crippen LogP contribution in [0.3, 0.4) is 0 Å². The highest BCUT2D eigenvalue weighted by Gasteiger charge is 2.33. The molecule has 0 bridgehead atoms. The van der Waals surface area contributed by atoms with Crippen molar-refractivity contribution in [2.45, 2.75) is 6.10 Å². The Morgan fingerprint density at radius 2 is 2.24 bits per heavy atom. The van der Waals surface area contributed by atoms with E-state index in [1.165, 1.54) is 39.5 Å². The summed E-state index contributed by atoms with van der Waals surface area (Å²) in [6.07, 6.45) is 3.44. The number of benzene rings is 1. The number of hydrogen-bond acceptors (Lipinski definition) is 9. The van der Waals surface area contributed by atoms with E-state index in [-0.39, 0.29) is 13.1 Å². The summed E-state index contributed by atoms with van der Waals surface area (Å²) in [6.45, 7) is 2.14. The van der Waals surface area contributed by atoms with Crippen molar-refractivity contribution in [3.63, 3.8) is 0 Å². The van der Waals surface area contributed by atoms with Gasteiger partial charge in [0.25, 0.3) is 0 Å². The second-order valence-corrected chi connectivity index (χ2v) is 7.70. The van der Waals surface area contributed by atoms with Gasteiger partial charge in [-0.25, -0.2) is 25.2 Å². The second kappa shape index (κ2) is 10.4. The highest BCUT2D eigenvalue weighted by atomic mass is 19.1. The SMILES string of the molecule is NN(C=C[NH3+])CC1CN(c2ccc(N3CCNN(C(=O)Nc4ccon4)CC3)c(F)c2)C(=O)O1. The molecule has 3 amide bonds. The van der Waals surface area contributed by atoms with Crippen LogP contribution in [0.1, 0.15) is 0 Å². The Kier molecular flexibility index (Phi) is 7.10. The van der Waals surface area contributed by atoms with Crippen molar-refractivity contribution < 1.29 is 29.0 Å². The Labute approximate surface area is 194 Å². The fourth-order valence-electron chi connectivity index (χ4n) is 3.78. The summed E-state index contributed by atoms with van der Waals surface area (Å²) < 4.78 is 25.1. The Balaban J connectivity index is 1.37. The maximum atomic E-state index is 15.1. The minimum absolute atomic E-state index is 0.250. The van der Waals surface area contributed by atoms with Gasteiger partial charge in [0.1, 0.15) is 24.4 Å². The van der Waals surface area contributed by atoms with Crippen LogP contribution in [0.25, 0.3) is 0 Å². The van der Waals surface area contributed by atoms with Crippen molar-refractivity contribution in [2.24, 2.45) is 5.84 Å². The summed E-state index contributed by atoms with van der Waals surface area (Å²) in [5.74, 6) is 5.61. The third kappa shape index (κ3) is 5.36. The number of quaternary nitrogens is 1. The number of amides is 3. The van der Waals surface area contributed by atoms with Crippen molar-refractivity contribution in [1.82, 2.24) is 20.6 Å². The number of nitrogens with one attached hydrogen (secondary N) is 2. The normalized spacial score (nSPS) is 18.9. The van der Waals surface area contributed by atoms with E-state index in [2.05, 4.69) is 21.6 Å². The van der Waals surface area contributed by atoms with Crippen LogP contribution in [0.2, 0.25) is 0 Å². The number of halogens is 1. The molecule has 13 nitrogen and oxygen atoms in total. The largest absolute Gasteiger partial charge is 0.442 e. The Morgan fingerprint density at radius 1 is 1.38 bits per heavy atom. The number of hydrogen-bond donors (Lipinski definition) is 4. The molecular weight excluding hydrogens is 449 g/mol. The van der Waals surface area contributed by atoms with E-state index in [9.17, 15) is 9.59 Å². The highest BCUT2D eigenvalue weighted by Crippen LogP contribution is 2.28. The molecule has 2 aromatic rings. The van der Waals surface area contributed by atoms with Gasteiger partial charge in [0.2, 0.25) is 0 Å². The lowest BCUT2D eigenvalue weighted by Gasteiger charge is -2.24. The van der Waals surface area contributed by atoms with Crippen LogP contribution in [0.5, 0.6) is 0 Å². The summed E-state index contributed by atoms with van der Waals surface area (Å²) in [5, 5.41) is 9.04. The van der Waals surface area contributed by atoms with Gasteiger partial charge in [0.05, 0.1) is 37.2 Å². The molecule has 1 unspecified atom stereocenters. The highest BCUT2D eigenvalue weighted by molar-refractivity contribution is 5.90. The van der Waals surface area contributed by atoms with E-state index in [0.29, 0.717) is 43.4 Å². The van der Waals surface area contributed by atoms with Crippen molar-refractivity contribution in [3.8, 4) is 0 Å². The van der Waals surface area contributed by atoms with Gasteiger partial charge in [-0.1, -0.05) is 5.16 Å². The van der Waals surface area contributed by atoms with E-state index in [0.717, 1.165) is 0 Å². The van der Waals surface area contributed by atoms with E-state index < -0.39 is 24.0 Å². The van der Waals surface area contributed by atoms with Crippen molar-refractivity contribution in [2.75, 3.05) is 54.4 Å². The molecule has 2 aliphatic rings. The lowest BCUT2D eigenvalue weighted by molar-refractivity contribution is -0.276. The quantitative estimate of drug-likeness (QED) is 0.329. The number of ether oxygens (including phenoxy) is 1. The first-order chi connectivity index (χ1) is 16.4. The molecule has 2 fully saturated rings. The molecule has 3 heterocycles. The molecule has 14 heteroatoms. The van der Waals surface area contributed by atoms with Gasteiger partial charge >= 0.3 is 12.1 Å². The fourth-order valence-corrected chi connectivity index (χ4v) is 3.78. The van der Waals surface area contributed by atoms with E-state index in [1.54, 1.807) is 18.3 Å². The number of urea groups is 1.